The van der Waals surface area contributed by atoms with Crippen molar-refractivity contribution in [2.45, 2.75) is 24.3 Å². The number of hydrogen-bond acceptors (Lipinski definition) is 4. The van der Waals surface area contributed by atoms with Crippen LogP contribution in [-0.4, -0.2) is 47.2 Å². The molecule has 0 unspecified atom stereocenters. The number of carbonyl (C=O) groups is 3. The minimum Gasteiger partial charge on any atom is -0.479 e. The molecule has 2 N–H and O–H groups in total. The molecule has 0 aromatic heterocycles. The van der Waals surface area contributed by atoms with Crippen LogP contribution in [0.4, 0.5) is 10.5 Å². The lowest BCUT2D eigenvalue weighted by molar-refractivity contribution is -0.143. The second-order valence-corrected chi connectivity index (χ2v) is 8.70. The summed E-state index contributed by atoms with van der Waals surface area (Å²) < 4.78 is 5.59. The van der Waals surface area contributed by atoms with Gasteiger partial charge in [-0.2, -0.15) is 0 Å². The van der Waals surface area contributed by atoms with Crippen LogP contribution < -0.4 is 5.32 Å². The zero-order chi connectivity index (χ0) is 23.9. The summed E-state index contributed by atoms with van der Waals surface area (Å²) in [5.74, 6) is -1.56. The van der Waals surface area contributed by atoms with Gasteiger partial charge in [-0.25, -0.2) is 9.59 Å². The van der Waals surface area contributed by atoms with Crippen molar-refractivity contribution in [1.29, 1.82) is 0 Å². The van der Waals surface area contributed by atoms with E-state index in [0.29, 0.717) is 12.8 Å². The molecule has 3 aromatic carbocycles. The highest BCUT2D eigenvalue weighted by Gasteiger charge is 2.55. The number of carboxylic acids is 1. The molecule has 5 rings (SSSR count). The molecule has 2 amide bonds. The fourth-order valence-electron chi connectivity index (χ4n) is 4.71. The quantitative estimate of drug-likeness (QED) is 0.559. The molecule has 172 valence electrons. The van der Waals surface area contributed by atoms with Crippen molar-refractivity contribution in [3.05, 3.63) is 89.5 Å². The summed E-state index contributed by atoms with van der Waals surface area (Å²) >= 11 is 0. The third kappa shape index (κ3) is 3.59. The van der Waals surface area contributed by atoms with Crippen LogP contribution in [0.15, 0.2) is 72.8 Å². The Morgan fingerprint density at radius 1 is 0.941 bits per heavy atom. The smallest absolute Gasteiger partial charge is 0.411 e. The van der Waals surface area contributed by atoms with Crippen molar-refractivity contribution >= 4 is 23.7 Å². The van der Waals surface area contributed by atoms with Crippen molar-refractivity contribution in [2.24, 2.45) is 0 Å². The second kappa shape index (κ2) is 8.33. The molecular weight excluding hydrogens is 432 g/mol. The van der Waals surface area contributed by atoms with E-state index in [1.165, 1.54) is 11.9 Å². The Morgan fingerprint density at radius 3 is 2.09 bits per heavy atom. The highest BCUT2D eigenvalue weighted by molar-refractivity contribution is 6.05. The highest BCUT2D eigenvalue weighted by Crippen LogP contribution is 2.45. The van der Waals surface area contributed by atoms with Crippen molar-refractivity contribution in [1.82, 2.24) is 4.90 Å². The van der Waals surface area contributed by atoms with Crippen molar-refractivity contribution < 1.29 is 24.2 Å². The number of aliphatic carboxylic acids is 1. The first-order valence-electron chi connectivity index (χ1n) is 11.1. The van der Waals surface area contributed by atoms with Gasteiger partial charge in [0.2, 0.25) is 0 Å². The first kappa shape index (κ1) is 21.7. The van der Waals surface area contributed by atoms with Crippen LogP contribution in [0.2, 0.25) is 0 Å². The van der Waals surface area contributed by atoms with Gasteiger partial charge in [-0.15, -0.1) is 0 Å². The first-order chi connectivity index (χ1) is 16.4. The predicted molar refractivity (Wildman–Crippen MR) is 127 cm³/mol. The maximum absolute atomic E-state index is 13.1. The van der Waals surface area contributed by atoms with E-state index in [9.17, 15) is 19.5 Å². The largest absolute Gasteiger partial charge is 0.479 e. The summed E-state index contributed by atoms with van der Waals surface area (Å²) in [4.78, 5) is 38.6. The van der Waals surface area contributed by atoms with Gasteiger partial charge in [0, 0.05) is 13.0 Å². The summed E-state index contributed by atoms with van der Waals surface area (Å²) in [5.41, 5.74) is 3.81. The molecule has 0 saturated heterocycles. The molecule has 7 heteroatoms. The maximum Gasteiger partial charge on any atom is 0.411 e. The molecule has 2 aliphatic carbocycles. The molecule has 7 nitrogen and oxygen atoms in total. The summed E-state index contributed by atoms with van der Waals surface area (Å²) in [6.45, 7) is 0.151. The maximum atomic E-state index is 13.1. The lowest BCUT2D eigenvalue weighted by Crippen LogP contribution is -2.44. The molecule has 1 fully saturated rings. The van der Waals surface area contributed by atoms with Crippen LogP contribution in [0.25, 0.3) is 11.1 Å². The molecule has 0 spiro atoms. The summed E-state index contributed by atoms with van der Waals surface area (Å²) in [6, 6.07) is 22.7. The molecule has 0 heterocycles. The van der Waals surface area contributed by atoms with E-state index in [-0.39, 0.29) is 23.8 Å². The fourth-order valence-corrected chi connectivity index (χ4v) is 4.71. The SMILES string of the molecule is CN(C(=O)c1ccccc1NC(=O)OCC1c2ccccc2-c2ccccc21)C1(C(=O)O)CC1. The normalized spacial score (nSPS) is 15.1. The van der Waals surface area contributed by atoms with Crippen LogP contribution in [0.5, 0.6) is 0 Å². The van der Waals surface area contributed by atoms with Gasteiger partial charge in [-0.05, 0) is 47.2 Å². The van der Waals surface area contributed by atoms with Gasteiger partial charge in [-0.1, -0.05) is 60.7 Å². The Hall–Kier alpha value is -4.13. The third-order valence-electron chi connectivity index (χ3n) is 6.81. The number of rotatable bonds is 6. The molecule has 0 atom stereocenters. The van der Waals surface area contributed by atoms with E-state index >= 15 is 0 Å². The number of carboxylic acid groups (broad SMARTS) is 1. The Labute approximate surface area is 197 Å². The summed E-state index contributed by atoms with van der Waals surface area (Å²) in [6.07, 6.45) is 0.142. The lowest BCUT2D eigenvalue weighted by Gasteiger charge is -2.25. The molecule has 0 bridgehead atoms. The first-order valence-corrected chi connectivity index (χ1v) is 11.1. The number of fused-ring (bicyclic) bond motifs is 3. The van der Waals surface area contributed by atoms with Gasteiger partial charge < -0.3 is 14.7 Å². The number of nitrogens with zero attached hydrogens (tertiary/aromatic N) is 1. The van der Waals surface area contributed by atoms with Crippen LogP contribution in [0.1, 0.15) is 40.2 Å². The van der Waals surface area contributed by atoms with Crippen molar-refractivity contribution in [3.8, 4) is 11.1 Å². The molecule has 0 aliphatic heterocycles. The van der Waals surface area contributed by atoms with Crippen LogP contribution in [0, 0.1) is 0 Å². The summed E-state index contributed by atoms with van der Waals surface area (Å²) in [5, 5.41) is 12.2. The number of benzene rings is 3. The average molecular weight is 456 g/mol. The Morgan fingerprint density at radius 2 is 1.50 bits per heavy atom. The molecule has 1 saturated carbocycles. The Kier molecular flexibility index (Phi) is 5.32. The van der Waals surface area contributed by atoms with Gasteiger partial charge in [0.25, 0.3) is 5.91 Å². The van der Waals surface area contributed by atoms with Crippen molar-refractivity contribution in [2.75, 3.05) is 19.0 Å². The minimum absolute atomic E-state index is 0.0774. The Balaban J connectivity index is 1.30. The van der Waals surface area contributed by atoms with Gasteiger partial charge in [-0.3, -0.25) is 10.1 Å². The number of hydrogen-bond donors (Lipinski definition) is 2. The number of ether oxygens (including phenoxy) is 1. The molecule has 3 aromatic rings. The monoisotopic (exact) mass is 456 g/mol. The predicted octanol–water partition coefficient (Wildman–Crippen LogP) is 4.74. The molecule has 34 heavy (non-hydrogen) atoms. The number of likely N-dealkylation sites (N-methyl/N-ethyl adjacent to an activating group) is 1. The Bertz CT molecular complexity index is 1250. The molecular formula is C27H24N2O5. The molecule has 2 aliphatic rings. The van der Waals surface area contributed by atoms with Gasteiger partial charge in [0.1, 0.15) is 12.1 Å². The number of carbonyl (C=O) groups excluding carboxylic acids is 2. The van der Waals surface area contributed by atoms with Crippen LogP contribution in [0.3, 0.4) is 0 Å². The van der Waals surface area contributed by atoms with E-state index in [0.717, 1.165) is 22.3 Å². The number of anilines is 1. The van der Waals surface area contributed by atoms with E-state index in [2.05, 4.69) is 17.4 Å². The highest BCUT2D eigenvalue weighted by atomic mass is 16.5. The van der Waals surface area contributed by atoms with Gasteiger partial charge in [0.15, 0.2) is 0 Å². The van der Waals surface area contributed by atoms with Crippen LogP contribution in [-0.2, 0) is 9.53 Å². The van der Waals surface area contributed by atoms with E-state index in [4.69, 9.17) is 4.74 Å². The topological polar surface area (TPSA) is 95.9 Å². The lowest BCUT2D eigenvalue weighted by atomic mass is 9.98. The van der Waals surface area contributed by atoms with Crippen molar-refractivity contribution in [3.63, 3.8) is 0 Å². The average Bonchev–Trinajstić information content (AvgIpc) is 3.61. The minimum atomic E-state index is -1.17. The van der Waals surface area contributed by atoms with Gasteiger partial charge in [0.05, 0.1) is 11.3 Å². The summed E-state index contributed by atoms with van der Waals surface area (Å²) in [7, 11) is 1.48. The number of para-hydroxylation sites is 1. The molecule has 0 radical (unpaired) electrons. The number of nitrogens with one attached hydrogen (secondary N) is 1. The standard InChI is InChI=1S/C27H24N2O5/c1-29(27(14-15-27)25(31)32)24(30)21-12-6-7-13-23(21)28-26(33)34-16-22-19-10-4-2-8-17(19)18-9-3-5-11-20(18)22/h2-13,22H,14-16H2,1H3,(H,28,33)(H,31,32). The van der Waals surface area contributed by atoms with E-state index in [1.807, 2.05) is 36.4 Å². The van der Waals surface area contributed by atoms with Gasteiger partial charge >= 0.3 is 12.1 Å². The second-order valence-electron chi connectivity index (χ2n) is 8.70. The fraction of sp³-hybridized carbons (Fsp3) is 0.222. The zero-order valence-corrected chi connectivity index (χ0v) is 18.7. The third-order valence-corrected chi connectivity index (χ3v) is 6.81. The van der Waals surface area contributed by atoms with E-state index in [1.54, 1.807) is 24.3 Å². The van der Waals surface area contributed by atoms with E-state index < -0.39 is 23.5 Å². The zero-order valence-electron chi connectivity index (χ0n) is 18.7. The number of amides is 2. The van der Waals surface area contributed by atoms with Crippen LogP contribution >= 0.6 is 0 Å².